The van der Waals surface area contributed by atoms with Crippen molar-refractivity contribution in [1.82, 2.24) is 4.98 Å². The molecular weight excluding hydrogens is 400 g/mol. The quantitative estimate of drug-likeness (QED) is 0.664. The average molecular weight is 416 g/mol. The Morgan fingerprint density at radius 2 is 1.89 bits per heavy atom. The van der Waals surface area contributed by atoms with Gasteiger partial charge < -0.3 is 14.8 Å². The molecular formula is C19H16N2O5S2. The van der Waals surface area contributed by atoms with Gasteiger partial charge in [0.2, 0.25) is 12.7 Å². The van der Waals surface area contributed by atoms with Gasteiger partial charge in [-0.3, -0.25) is 4.79 Å². The van der Waals surface area contributed by atoms with E-state index in [9.17, 15) is 13.2 Å². The molecule has 0 unspecified atom stereocenters. The maximum Gasteiger partial charge on any atom is 0.241 e. The molecule has 0 bridgehead atoms. The summed E-state index contributed by atoms with van der Waals surface area (Å²) in [6.45, 7) is 0.189. The highest BCUT2D eigenvalue weighted by atomic mass is 32.2. The van der Waals surface area contributed by atoms with Gasteiger partial charge in [-0.05, 0) is 23.8 Å². The lowest BCUT2D eigenvalue weighted by Crippen LogP contribution is -2.23. The molecule has 28 heavy (non-hydrogen) atoms. The van der Waals surface area contributed by atoms with E-state index in [4.69, 9.17) is 9.47 Å². The number of amides is 1. The summed E-state index contributed by atoms with van der Waals surface area (Å²) in [6, 6.07) is 14.2. The van der Waals surface area contributed by atoms with Crippen LogP contribution in [0.2, 0.25) is 0 Å². The summed E-state index contributed by atoms with van der Waals surface area (Å²) in [5.41, 5.74) is 2.12. The SMILES string of the molecule is O=C(CS(=O)(=O)Cc1ccccc1)Nc1nc(-c2ccc3c(c2)OCO3)cs1. The van der Waals surface area contributed by atoms with Crippen molar-refractivity contribution in [3.63, 3.8) is 0 Å². The second-order valence-corrected chi connectivity index (χ2v) is 9.09. The van der Waals surface area contributed by atoms with Crippen molar-refractivity contribution in [2.24, 2.45) is 0 Å². The molecule has 4 rings (SSSR count). The molecule has 0 saturated carbocycles. The van der Waals surface area contributed by atoms with Crippen molar-refractivity contribution in [3.8, 4) is 22.8 Å². The number of thiazole rings is 1. The monoisotopic (exact) mass is 416 g/mol. The number of benzene rings is 2. The molecule has 3 aromatic rings. The highest BCUT2D eigenvalue weighted by Gasteiger charge is 2.19. The number of anilines is 1. The Labute approximate surface area is 165 Å². The van der Waals surface area contributed by atoms with E-state index in [2.05, 4.69) is 10.3 Å². The number of hydrogen-bond acceptors (Lipinski definition) is 7. The Hall–Kier alpha value is -2.91. The number of sulfone groups is 1. The van der Waals surface area contributed by atoms with Gasteiger partial charge in [-0.15, -0.1) is 11.3 Å². The molecule has 7 nitrogen and oxygen atoms in total. The second-order valence-electron chi connectivity index (χ2n) is 6.17. The number of nitrogens with one attached hydrogen (secondary N) is 1. The van der Waals surface area contributed by atoms with E-state index in [-0.39, 0.29) is 12.5 Å². The molecule has 0 aliphatic carbocycles. The lowest BCUT2D eigenvalue weighted by Gasteiger charge is -2.04. The van der Waals surface area contributed by atoms with Crippen molar-refractivity contribution in [2.45, 2.75) is 5.75 Å². The van der Waals surface area contributed by atoms with Crippen molar-refractivity contribution in [1.29, 1.82) is 0 Å². The van der Waals surface area contributed by atoms with Crippen LogP contribution in [-0.4, -0.2) is 31.9 Å². The van der Waals surface area contributed by atoms with Gasteiger partial charge in [-0.25, -0.2) is 13.4 Å². The lowest BCUT2D eigenvalue weighted by molar-refractivity contribution is -0.113. The summed E-state index contributed by atoms with van der Waals surface area (Å²) in [5.74, 6) is -0.0654. The van der Waals surface area contributed by atoms with Crippen LogP contribution in [0, 0.1) is 0 Å². The normalized spacial score (nSPS) is 12.7. The number of carbonyl (C=O) groups excluding carboxylic acids is 1. The van der Waals surface area contributed by atoms with Crippen LogP contribution in [0.1, 0.15) is 5.56 Å². The van der Waals surface area contributed by atoms with Crippen LogP contribution in [0.5, 0.6) is 11.5 Å². The highest BCUT2D eigenvalue weighted by Crippen LogP contribution is 2.36. The number of nitrogens with zero attached hydrogens (tertiary/aromatic N) is 1. The zero-order chi connectivity index (χ0) is 19.6. The van der Waals surface area contributed by atoms with Crippen LogP contribution in [0.25, 0.3) is 11.3 Å². The van der Waals surface area contributed by atoms with Gasteiger partial charge in [0, 0.05) is 10.9 Å². The highest BCUT2D eigenvalue weighted by molar-refractivity contribution is 7.91. The zero-order valence-electron chi connectivity index (χ0n) is 14.6. The first-order chi connectivity index (χ1) is 13.5. The van der Waals surface area contributed by atoms with E-state index in [1.165, 1.54) is 11.3 Å². The maximum absolute atomic E-state index is 12.2. The Balaban J connectivity index is 1.40. The smallest absolute Gasteiger partial charge is 0.241 e. The first-order valence-corrected chi connectivity index (χ1v) is 11.1. The van der Waals surface area contributed by atoms with Crippen molar-refractivity contribution in [2.75, 3.05) is 17.9 Å². The number of rotatable bonds is 6. The third-order valence-electron chi connectivity index (χ3n) is 4.00. The molecule has 1 aromatic heterocycles. The predicted molar refractivity (Wildman–Crippen MR) is 106 cm³/mol. The molecule has 1 N–H and O–H groups in total. The van der Waals surface area contributed by atoms with Crippen LogP contribution >= 0.6 is 11.3 Å². The fourth-order valence-corrected chi connectivity index (χ4v) is 4.76. The molecule has 2 aromatic carbocycles. The summed E-state index contributed by atoms with van der Waals surface area (Å²) >= 11 is 1.23. The average Bonchev–Trinajstić information content (AvgIpc) is 3.30. The Bertz CT molecular complexity index is 1110. The van der Waals surface area contributed by atoms with Crippen molar-refractivity contribution in [3.05, 3.63) is 59.5 Å². The molecule has 144 valence electrons. The molecule has 1 aliphatic heterocycles. The minimum atomic E-state index is -3.57. The van der Waals surface area contributed by atoms with Crippen LogP contribution in [0.15, 0.2) is 53.9 Å². The summed E-state index contributed by atoms with van der Waals surface area (Å²) in [6.07, 6.45) is 0. The molecule has 9 heteroatoms. The van der Waals surface area contributed by atoms with E-state index in [1.54, 1.807) is 35.7 Å². The largest absolute Gasteiger partial charge is 0.454 e. The topological polar surface area (TPSA) is 94.6 Å². The number of aromatic nitrogens is 1. The molecule has 0 fully saturated rings. The number of hydrogen-bond donors (Lipinski definition) is 1. The minimum absolute atomic E-state index is 0.179. The zero-order valence-corrected chi connectivity index (χ0v) is 16.3. The lowest BCUT2D eigenvalue weighted by atomic mass is 10.1. The third kappa shape index (κ3) is 4.32. The van der Waals surface area contributed by atoms with Gasteiger partial charge >= 0.3 is 0 Å². The molecule has 1 amide bonds. The van der Waals surface area contributed by atoms with E-state index in [0.717, 1.165) is 5.56 Å². The van der Waals surface area contributed by atoms with Crippen LogP contribution in [-0.2, 0) is 20.4 Å². The van der Waals surface area contributed by atoms with E-state index >= 15 is 0 Å². The van der Waals surface area contributed by atoms with Crippen molar-refractivity contribution < 1.29 is 22.7 Å². The third-order valence-corrected chi connectivity index (χ3v) is 6.23. The van der Waals surface area contributed by atoms with Crippen LogP contribution in [0.3, 0.4) is 0 Å². The van der Waals surface area contributed by atoms with Gasteiger partial charge in [0.05, 0.1) is 11.4 Å². The van der Waals surface area contributed by atoms with E-state index in [1.807, 2.05) is 18.2 Å². The van der Waals surface area contributed by atoms with Gasteiger partial charge in [0.15, 0.2) is 26.5 Å². The first kappa shape index (κ1) is 18.5. The fraction of sp³-hybridized carbons (Fsp3) is 0.158. The molecule has 1 aliphatic rings. The van der Waals surface area contributed by atoms with E-state index < -0.39 is 21.5 Å². The standard InChI is InChI=1S/C19H16N2O5S2/c22-18(11-28(23,24)10-13-4-2-1-3-5-13)21-19-20-15(9-27-19)14-6-7-16-17(8-14)26-12-25-16/h1-9H,10-12H2,(H,20,21,22). The molecule has 0 saturated heterocycles. The number of ether oxygens (including phenoxy) is 2. The second kappa shape index (κ2) is 7.61. The summed E-state index contributed by atoms with van der Waals surface area (Å²) in [4.78, 5) is 16.5. The summed E-state index contributed by atoms with van der Waals surface area (Å²) < 4.78 is 35.1. The van der Waals surface area contributed by atoms with Crippen LogP contribution in [0.4, 0.5) is 5.13 Å². The number of carbonyl (C=O) groups is 1. The van der Waals surface area contributed by atoms with Crippen LogP contribution < -0.4 is 14.8 Å². The first-order valence-electron chi connectivity index (χ1n) is 8.38. The van der Waals surface area contributed by atoms with Gasteiger partial charge in [0.25, 0.3) is 0 Å². The van der Waals surface area contributed by atoms with E-state index in [0.29, 0.717) is 27.9 Å². The maximum atomic E-state index is 12.2. The van der Waals surface area contributed by atoms with Gasteiger partial charge in [-0.1, -0.05) is 30.3 Å². The van der Waals surface area contributed by atoms with Crippen molar-refractivity contribution >= 4 is 32.2 Å². The Kier molecular flexibility index (Phi) is 5.01. The molecule has 2 heterocycles. The fourth-order valence-electron chi connectivity index (χ4n) is 2.75. The predicted octanol–water partition coefficient (Wildman–Crippen LogP) is 3.09. The van der Waals surface area contributed by atoms with Gasteiger partial charge in [0.1, 0.15) is 5.75 Å². The number of fused-ring (bicyclic) bond motifs is 1. The van der Waals surface area contributed by atoms with Gasteiger partial charge in [-0.2, -0.15) is 0 Å². The Morgan fingerprint density at radius 1 is 1.11 bits per heavy atom. The Morgan fingerprint density at radius 3 is 2.71 bits per heavy atom. The molecule has 0 radical (unpaired) electrons. The minimum Gasteiger partial charge on any atom is -0.454 e. The molecule has 0 atom stereocenters. The molecule has 0 spiro atoms. The summed E-state index contributed by atoms with van der Waals surface area (Å²) in [7, 11) is -3.57. The summed E-state index contributed by atoms with van der Waals surface area (Å²) in [5, 5.41) is 4.68.